The minimum absolute atomic E-state index is 0.00792. The van der Waals surface area contributed by atoms with Crippen molar-refractivity contribution >= 4 is 0 Å². The van der Waals surface area contributed by atoms with Crippen molar-refractivity contribution in [2.75, 3.05) is 0 Å². The van der Waals surface area contributed by atoms with Crippen molar-refractivity contribution in [3.63, 3.8) is 0 Å². The number of hydrogen-bond acceptors (Lipinski definition) is 2. The first-order valence-electron chi connectivity index (χ1n) is 7.88. The van der Waals surface area contributed by atoms with Gasteiger partial charge in [-0.05, 0) is 17.5 Å². The summed E-state index contributed by atoms with van der Waals surface area (Å²) in [6.45, 7) is 3.87. The first-order valence-corrected chi connectivity index (χ1v) is 7.88. The van der Waals surface area contributed by atoms with Gasteiger partial charge >= 0.3 is 0 Å². The second kappa shape index (κ2) is 6.54. The topological polar surface area (TPSA) is 49.8 Å². The molecule has 23 heavy (non-hydrogen) atoms. The van der Waals surface area contributed by atoms with Crippen molar-refractivity contribution in [2.45, 2.75) is 18.3 Å². The van der Waals surface area contributed by atoms with E-state index in [-0.39, 0.29) is 17.8 Å². The molecule has 2 heteroatoms. The summed E-state index contributed by atoms with van der Waals surface area (Å²) in [5, 5.41) is 9.71. The van der Waals surface area contributed by atoms with E-state index < -0.39 is 0 Å². The van der Waals surface area contributed by atoms with Gasteiger partial charge in [0.25, 0.3) is 0 Å². The van der Waals surface area contributed by atoms with Crippen LogP contribution in [0.25, 0.3) is 0 Å². The van der Waals surface area contributed by atoms with Crippen molar-refractivity contribution in [3.8, 4) is 6.07 Å². The van der Waals surface area contributed by atoms with E-state index in [2.05, 4.69) is 36.9 Å². The van der Waals surface area contributed by atoms with Gasteiger partial charge < -0.3 is 5.73 Å². The van der Waals surface area contributed by atoms with Gasteiger partial charge in [-0.1, -0.05) is 66.7 Å². The molecule has 2 nitrogen and oxygen atoms in total. The van der Waals surface area contributed by atoms with Gasteiger partial charge in [-0.3, -0.25) is 0 Å². The standard InChI is InChI=1S/C21H20N2/c1-2-9-17-19(15-10-5-3-6-11-15)20(18(14-22)21(17)23)16-12-7-4-8-13-16/h2-8,10-13,17,19-20H,1,9,23H2/t17-,19-,20-/m1/s1. The van der Waals surface area contributed by atoms with Crippen LogP contribution in [0.15, 0.2) is 84.6 Å². The molecule has 0 fully saturated rings. The molecule has 0 bridgehead atoms. The van der Waals surface area contributed by atoms with Crippen LogP contribution in [-0.2, 0) is 0 Å². The molecule has 2 N–H and O–H groups in total. The van der Waals surface area contributed by atoms with Crippen LogP contribution in [0, 0.1) is 17.2 Å². The average molecular weight is 300 g/mol. The van der Waals surface area contributed by atoms with Crippen LogP contribution in [0.3, 0.4) is 0 Å². The highest BCUT2D eigenvalue weighted by Gasteiger charge is 2.42. The number of nitrogens with two attached hydrogens (primary N) is 1. The van der Waals surface area contributed by atoms with E-state index >= 15 is 0 Å². The summed E-state index contributed by atoms with van der Waals surface area (Å²) in [5.41, 5.74) is 10.2. The number of allylic oxidation sites excluding steroid dienone is 3. The van der Waals surface area contributed by atoms with Gasteiger partial charge in [0.15, 0.2) is 0 Å². The van der Waals surface area contributed by atoms with Crippen LogP contribution in [0.4, 0.5) is 0 Å². The van der Waals surface area contributed by atoms with Gasteiger partial charge in [0, 0.05) is 23.5 Å². The van der Waals surface area contributed by atoms with Gasteiger partial charge in [0.1, 0.15) is 0 Å². The number of nitriles is 1. The molecule has 0 spiro atoms. The Morgan fingerprint density at radius 1 is 1.00 bits per heavy atom. The Bertz CT molecular complexity index is 753. The van der Waals surface area contributed by atoms with Gasteiger partial charge in [0.05, 0.1) is 11.6 Å². The van der Waals surface area contributed by atoms with E-state index in [4.69, 9.17) is 5.73 Å². The highest BCUT2D eigenvalue weighted by atomic mass is 14.7. The first-order chi connectivity index (χ1) is 11.3. The molecule has 1 aliphatic rings. The molecule has 1 aliphatic carbocycles. The van der Waals surface area contributed by atoms with Crippen LogP contribution in [-0.4, -0.2) is 0 Å². The van der Waals surface area contributed by atoms with Crippen molar-refractivity contribution in [1.82, 2.24) is 0 Å². The molecule has 0 aromatic heterocycles. The predicted octanol–water partition coefficient (Wildman–Crippen LogP) is 4.50. The molecule has 0 unspecified atom stereocenters. The second-order valence-electron chi connectivity index (χ2n) is 5.94. The maximum absolute atomic E-state index is 9.71. The van der Waals surface area contributed by atoms with Crippen molar-refractivity contribution in [3.05, 3.63) is 95.7 Å². The number of rotatable bonds is 4. The summed E-state index contributed by atoms with van der Waals surface area (Å²) in [6.07, 6.45) is 2.68. The number of nitrogens with zero attached hydrogens (tertiary/aromatic N) is 1. The summed E-state index contributed by atoms with van der Waals surface area (Å²) in [7, 11) is 0. The van der Waals surface area contributed by atoms with Gasteiger partial charge in [-0.15, -0.1) is 6.58 Å². The maximum Gasteiger partial charge on any atom is 0.0972 e. The lowest BCUT2D eigenvalue weighted by molar-refractivity contribution is 0.488. The van der Waals surface area contributed by atoms with E-state index in [1.54, 1.807) is 0 Å². The SMILES string of the molecule is C=CC[C@H]1C(N)=C(C#N)[C@@H](c2ccccc2)[C@@H]1c1ccccc1. The Labute approximate surface area is 137 Å². The van der Waals surface area contributed by atoms with Gasteiger partial charge in [0.2, 0.25) is 0 Å². The fourth-order valence-corrected chi connectivity index (χ4v) is 3.71. The van der Waals surface area contributed by atoms with Crippen molar-refractivity contribution < 1.29 is 0 Å². The third kappa shape index (κ3) is 2.66. The molecule has 3 atom stereocenters. The minimum Gasteiger partial charge on any atom is -0.401 e. The molecule has 0 aliphatic heterocycles. The molecular weight excluding hydrogens is 280 g/mol. The molecule has 2 aromatic rings. The molecule has 3 rings (SSSR count). The lowest BCUT2D eigenvalue weighted by Gasteiger charge is -2.26. The summed E-state index contributed by atoms with van der Waals surface area (Å²) < 4.78 is 0. The normalized spacial score (nSPS) is 23.5. The second-order valence-corrected chi connectivity index (χ2v) is 5.94. The lowest BCUT2D eigenvalue weighted by atomic mass is 9.76. The third-order valence-corrected chi connectivity index (χ3v) is 4.70. The van der Waals surface area contributed by atoms with Gasteiger partial charge in [-0.25, -0.2) is 0 Å². The molecule has 2 aromatic carbocycles. The minimum atomic E-state index is 0.00792. The Hall–Kier alpha value is -2.79. The fourth-order valence-electron chi connectivity index (χ4n) is 3.71. The van der Waals surface area contributed by atoms with E-state index in [0.29, 0.717) is 5.57 Å². The Morgan fingerprint density at radius 3 is 2.09 bits per heavy atom. The van der Waals surface area contributed by atoms with Crippen LogP contribution in [0.2, 0.25) is 0 Å². The van der Waals surface area contributed by atoms with E-state index in [1.807, 2.05) is 42.5 Å². The molecule has 0 amide bonds. The van der Waals surface area contributed by atoms with E-state index in [1.165, 1.54) is 5.56 Å². The predicted molar refractivity (Wildman–Crippen MR) is 93.5 cm³/mol. The highest BCUT2D eigenvalue weighted by molar-refractivity contribution is 5.50. The average Bonchev–Trinajstić information content (AvgIpc) is 2.89. The zero-order valence-electron chi connectivity index (χ0n) is 13.0. The Balaban J connectivity index is 2.16. The number of benzene rings is 2. The van der Waals surface area contributed by atoms with Crippen molar-refractivity contribution in [1.29, 1.82) is 5.26 Å². The summed E-state index contributed by atoms with van der Waals surface area (Å²) in [5.74, 6) is 0.301. The molecule has 114 valence electrons. The molecule has 0 radical (unpaired) electrons. The fraction of sp³-hybridized carbons (Fsp3) is 0.190. The number of hydrogen-bond donors (Lipinski definition) is 1. The third-order valence-electron chi connectivity index (χ3n) is 4.70. The van der Waals surface area contributed by atoms with E-state index in [0.717, 1.165) is 17.7 Å². The zero-order valence-corrected chi connectivity index (χ0v) is 13.0. The largest absolute Gasteiger partial charge is 0.401 e. The zero-order chi connectivity index (χ0) is 16.2. The monoisotopic (exact) mass is 300 g/mol. The summed E-state index contributed by atoms with van der Waals surface area (Å²) >= 11 is 0. The quantitative estimate of drug-likeness (QED) is 0.845. The first kappa shape index (κ1) is 15.1. The molecule has 0 saturated heterocycles. The van der Waals surface area contributed by atoms with Crippen molar-refractivity contribution in [2.24, 2.45) is 11.7 Å². The highest BCUT2D eigenvalue weighted by Crippen LogP contribution is 2.52. The van der Waals surface area contributed by atoms with Crippen LogP contribution in [0.5, 0.6) is 0 Å². The Morgan fingerprint density at radius 2 is 1.57 bits per heavy atom. The van der Waals surface area contributed by atoms with E-state index in [9.17, 15) is 5.26 Å². The van der Waals surface area contributed by atoms with Crippen LogP contribution < -0.4 is 5.73 Å². The van der Waals surface area contributed by atoms with Gasteiger partial charge in [-0.2, -0.15) is 5.26 Å². The molecule has 0 saturated carbocycles. The summed E-state index contributed by atoms with van der Waals surface area (Å²) in [6, 6.07) is 22.9. The summed E-state index contributed by atoms with van der Waals surface area (Å²) in [4.78, 5) is 0. The van der Waals surface area contributed by atoms with Crippen LogP contribution in [0.1, 0.15) is 29.4 Å². The lowest BCUT2D eigenvalue weighted by Crippen LogP contribution is -2.17. The smallest absolute Gasteiger partial charge is 0.0972 e. The van der Waals surface area contributed by atoms with Crippen LogP contribution >= 0.6 is 0 Å². The molecule has 0 heterocycles. The Kier molecular flexibility index (Phi) is 4.30. The maximum atomic E-state index is 9.71. The molecular formula is C21H20N2.